The maximum Gasteiger partial charge on any atom is 0.246 e. The lowest BCUT2D eigenvalue weighted by molar-refractivity contribution is -0.126. The van der Waals surface area contributed by atoms with Crippen molar-refractivity contribution < 1.29 is 14.3 Å². The molecule has 0 radical (unpaired) electrons. The number of carbonyl (C=O) groups excluding carboxylic acids is 1. The molecule has 0 bridgehead atoms. The Balaban J connectivity index is 1.47. The first-order chi connectivity index (χ1) is 11.7. The minimum absolute atomic E-state index is 0.00252. The number of ether oxygens (including phenoxy) is 2. The van der Waals surface area contributed by atoms with Crippen LogP contribution in [0.5, 0.6) is 5.75 Å². The van der Waals surface area contributed by atoms with E-state index in [0.29, 0.717) is 6.61 Å². The fourth-order valence-electron chi connectivity index (χ4n) is 2.86. The Bertz CT molecular complexity index is 714. The summed E-state index contributed by atoms with van der Waals surface area (Å²) in [7, 11) is 1.62. The maximum atomic E-state index is 12.0. The molecule has 0 aliphatic carbocycles. The number of carbonyl (C=O) groups is 1. The minimum atomic E-state index is -0.183. The predicted octanol–water partition coefficient (Wildman–Crippen LogP) is 1.63. The number of aryl methyl sites for hydroxylation is 1. The highest BCUT2D eigenvalue weighted by Gasteiger charge is 2.22. The topological polar surface area (TPSA) is 78.3 Å². The predicted molar refractivity (Wildman–Crippen MR) is 87.6 cm³/mol. The summed E-state index contributed by atoms with van der Waals surface area (Å²) in [5, 5.41) is 11.3. The summed E-state index contributed by atoms with van der Waals surface area (Å²) in [6, 6.07) is 7.40. The standard InChI is InChI=1S/C17H22N4O3/c1-12(17-20-19-15-7-4-8-21(15)17)18-16(22)11-24-10-13-5-3-6-14(9-13)23-2/h3,5-6,9,12H,4,7-8,10-11H2,1-2H3,(H,18,22)/t12-/m1/s1. The van der Waals surface area contributed by atoms with Gasteiger partial charge in [0.15, 0.2) is 5.82 Å². The summed E-state index contributed by atoms with van der Waals surface area (Å²) in [5.74, 6) is 2.42. The van der Waals surface area contributed by atoms with Crippen LogP contribution in [0, 0.1) is 0 Å². The average Bonchev–Trinajstić information content (AvgIpc) is 3.18. The molecule has 7 heteroatoms. The van der Waals surface area contributed by atoms with Crippen molar-refractivity contribution in [3.05, 3.63) is 41.5 Å². The zero-order valence-electron chi connectivity index (χ0n) is 14.0. The molecule has 1 atom stereocenters. The van der Waals surface area contributed by atoms with E-state index in [2.05, 4.69) is 20.1 Å². The molecule has 24 heavy (non-hydrogen) atoms. The molecule has 1 aliphatic heterocycles. The average molecular weight is 330 g/mol. The molecule has 0 unspecified atom stereocenters. The third kappa shape index (κ3) is 3.73. The molecular weight excluding hydrogens is 308 g/mol. The van der Waals surface area contributed by atoms with E-state index in [9.17, 15) is 4.79 Å². The Labute approximate surface area is 141 Å². The van der Waals surface area contributed by atoms with Crippen molar-refractivity contribution in [1.82, 2.24) is 20.1 Å². The first-order valence-corrected chi connectivity index (χ1v) is 8.09. The van der Waals surface area contributed by atoms with Crippen molar-refractivity contribution in [2.24, 2.45) is 0 Å². The Kier molecular flexibility index (Phi) is 5.10. The van der Waals surface area contributed by atoms with Gasteiger partial charge in [-0.3, -0.25) is 4.79 Å². The third-order valence-electron chi connectivity index (χ3n) is 4.04. The zero-order valence-corrected chi connectivity index (χ0v) is 14.0. The van der Waals surface area contributed by atoms with Crippen molar-refractivity contribution in [1.29, 1.82) is 0 Å². The van der Waals surface area contributed by atoms with Gasteiger partial charge in [-0.25, -0.2) is 0 Å². The van der Waals surface area contributed by atoms with Crippen LogP contribution >= 0.6 is 0 Å². The molecule has 128 valence electrons. The molecule has 2 aromatic rings. The van der Waals surface area contributed by atoms with Crippen molar-refractivity contribution >= 4 is 5.91 Å². The molecule has 0 fully saturated rings. The van der Waals surface area contributed by atoms with Gasteiger partial charge in [0.05, 0.1) is 19.8 Å². The number of fused-ring (bicyclic) bond motifs is 1. The zero-order chi connectivity index (χ0) is 16.9. The van der Waals surface area contributed by atoms with Crippen molar-refractivity contribution in [3.8, 4) is 5.75 Å². The Morgan fingerprint density at radius 2 is 2.29 bits per heavy atom. The van der Waals surface area contributed by atoms with E-state index in [4.69, 9.17) is 9.47 Å². The van der Waals surface area contributed by atoms with Crippen LogP contribution in [0.1, 0.15) is 36.6 Å². The maximum absolute atomic E-state index is 12.0. The van der Waals surface area contributed by atoms with Gasteiger partial charge >= 0.3 is 0 Å². The third-order valence-corrected chi connectivity index (χ3v) is 4.04. The minimum Gasteiger partial charge on any atom is -0.497 e. The van der Waals surface area contributed by atoms with E-state index in [1.807, 2.05) is 31.2 Å². The molecule has 0 saturated heterocycles. The summed E-state index contributed by atoms with van der Waals surface area (Å²) in [5.41, 5.74) is 0.963. The normalized spacial score (nSPS) is 14.2. The number of methoxy groups -OCH3 is 1. The second-order valence-electron chi connectivity index (χ2n) is 5.86. The fraction of sp³-hybridized carbons (Fsp3) is 0.471. The van der Waals surface area contributed by atoms with E-state index in [1.54, 1.807) is 7.11 Å². The van der Waals surface area contributed by atoms with Gasteiger partial charge in [-0.05, 0) is 31.0 Å². The van der Waals surface area contributed by atoms with Crippen LogP contribution in [0.25, 0.3) is 0 Å². The van der Waals surface area contributed by atoms with Crippen molar-refractivity contribution in [3.63, 3.8) is 0 Å². The van der Waals surface area contributed by atoms with Crippen molar-refractivity contribution in [2.45, 2.75) is 39.0 Å². The number of benzene rings is 1. The lowest BCUT2D eigenvalue weighted by atomic mass is 10.2. The summed E-state index contributed by atoms with van der Waals surface area (Å²) in [6.45, 7) is 3.20. The smallest absolute Gasteiger partial charge is 0.246 e. The molecule has 2 heterocycles. The molecule has 1 amide bonds. The Morgan fingerprint density at radius 3 is 3.12 bits per heavy atom. The fourth-order valence-corrected chi connectivity index (χ4v) is 2.86. The number of hydrogen-bond acceptors (Lipinski definition) is 5. The van der Waals surface area contributed by atoms with Crippen LogP contribution in [0.2, 0.25) is 0 Å². The van der Waals surface area contributed by atoms with Crippen LogP contribution in [0.15, 0.2) is 24.3 Å². The monoisotopic (exact) mass is 330 g/mol. The number of hydrogen-bond donors (Lipinski definition) is 1. The van der Waals surface area contributed by atoms with Crippen LogP contribution in [-0.4, -0.2) is 34.4 Å². The molecule has 3 rings (SSSR count). The summed E-state index contributed by atoms with van der Waals surface area (Å²) >= 11 is 0. The van der Waals surface area contributed by atoms with Gasteiger partial charge in [0.25, 0.3) is 0 Å². The van der Waals surface area contributed by atoms with Gasteiger partial charge in [0.1, 0.15) is 18.2 Å². The summed E-state index contributed by atoms with van der Waals surface area (Å²) in [6.07, 6.45) is 2.04. The molecule has 1 N–H and O–H groups in total. The molecule has 7 nitrogen and oxygen atoms in total. The van der Waals surface area contributed by atoms with E-state index in [1.165, 1.54) is 0 Å². The van der Waals surface area contributed by atoms with E-state index in [0.717, 1.165) is 42.3 Å². The number of aromatic nitrogens is 3. The van der Waals surface area contributed by atoms with E-state index >= 15 is 0 Å². The van der Waals surface area contributed by atoms with E-state index in [-0.39, 0.29) is 18.6 Å². The molecule has 0 saturated carbocycles. The molecule has 1 aliphatic rings. The number of nitrogens with zero attached hydrogens (tertiary/aromatic N) is 3. The van der Waals surface area contributed by atoms with Gasteiger partial charge in [-0.15, -0.1) is 10.2 Å². The number of rotatable bonds is 7. The van der Waals surface area contributed by atoms with Crippen LogP contribution < -0.4 is 10.1 Å². The van der Waals surface area contributed by atoms with E-state index < -0.39 is 0 Å². The molecule has 0 spiro atoms. The summed E-state index contributed by atoms with van der Waals surface area (Å²) < 4.78 is 12.7. The highest BCUT2D eigenvalue weighted by atomic mass is 16.5. The lowest BCUT2D eigenvalue weighted by Crippen LogP contribution is -2.31. The summed E-state index contributed by atoms with van der Waals surface area (Å²) in [4.78, 5) is 12.0. The van der Waals surface area contributed by atoms with Crippen molar-refractivity contribution in [2.75, 3.05) is 13.7 Å². The van der Waals surface area contributed by atoms with Gasteiger partial charge in [0, 0.05) is 13.0 Å². The van der Waals surface area contributed by atoms with Gasteiger partial charge in [-0.2, -0.15) is 0 Å². The largest absolute Gasteiger partial charge is 0.497 e. The second-order valence-corrected chi connectivity index (χ2v) is 5.86. The highest BCUT2D eigenvalue weighted by Crippen LogP contribution is 2.18. The van der Waals surface area contributed by atoms with Crippen LogP contribution in [-0.2, 0) is 29.1 Å². The molecular formula is C17H22N4O3. The quantitative estimate of drug-likeness (QED) is 0.835. The highest BCUT2D eigenvalue weighted by molar-refractivity contribution is 5.77. The molecule has 1 aromatic heterocycles. The number of amides is 1. The number of nitrogens with one attached hydrogen (secondary N) is 1. The lowest BCUT2D eigenvalue weighted by Gasteiger charge is -2.14. The van der Waals surface area contributed by atoms with Crippen LogP contribution in [0.3, 0.4) is 0 Å². The van der Waals surface area contributed by atoms with Gasteiger partial charge in [-0.1, -0.05) is 12.1 Å². The first-order valence-electron chi connectivity index (χ1n) is 8.09. The first kappa shape index (κ1) is 16.4. The Morgan fingerprint density at radius 1 is 1.42 bits per heavy atom. The Hall–Kier alpha value is -2.41. The van der Waals surface area contributed by atoms with Gasteiger partial charge in [0.2, 0.25) is 5.91 Å². The van der Waals surface area contributed by atoms with Gasteiger partial charge < -0.3 is 19.4 Å². The SMILES string of the molecule is COc1cccc(COCC(=O)N[C@H](C)c2nnc3n2CCC3)c1. The molecule has 1 aromatic carbocycles. The second kappa shape index (κ2) is 7.44. The van der Waals surface area contributed by atoms with Crippen LogP contribution in [0.4, 0.5) is 0 Å².